The summed E-state index contributed by atoms with van der Waals surface area (Å²) in [4.78, 5) is 3.43. The summed E-state index contributed by atoms with van der Waals surface area (Å²) in [6, 6.07) is 13.4. The van der Waals surface area contributed by atoms with Crippen molar-refractivity contribution in [1.82, 2.24) is 4.90 Å². The minimum atomic E-state index is -0.0796. The lowest BCUT2D eigenvalue weighted by Gasteiger charge is -2.17. The van der Waals surface area contributed by atoms with Gasteiger partial charge in [-0.25, -0.2) is 0 Å². The van der Waals surface area contributed by atoms with Crippen LogP contribution in [0.5, 0.6) is 11.5 Å². The van der Waals surface area contributed by atoms with E-state index in [4.69, 9.17) is 0 Å². The molecule has 2 N–H and O–H groups in total. The summed E-state index contributed by atoms with van der Waals surface area (Å²) in [5.74, 6) is -0.149. The third kappa shape index (κ3) is 3.92. The average molecular weight is 289 g/mol. The SMILES string of the molecule is CSc1cccc(CN(C)Cc2ccc(O)c(O)c2)c1. The molecule has 0 aromatic heterocycles. The van der Waals surface area contributed by atoms with Gasteiger partial charge in [-0.15, -0.1) is 11.8 Å². The van der Waals surface area contributed by atoms with Crippen LogP contribution in [0.4, 0.5) is 0 Å². The van der Waals surface area contributed by atoms with Crippen molar-refractivity contribution in [2.24, 2.45) is 0 Å². The zero-order valence-corrected chi connectivity index (χ0v) is 12.5. The molecule has 0 aliphatic rings. The predicted molar refractivity (Wildman–Crippen MR) is 83.2 cm³/mol. The quantitative estimate of drug-likeness (QED) is 0.653. The van der Waals surface area contributed by atoms with Gasteiger partial charge in [0.1, 0.15) is 0 Å². The molecular weight excluding hydrogens is 270 g/mol. The van der Waals surface area contributed by atoms with Gasteiger partial charge in [0.15, 0.2) is 11.5 Å². The number of thioether (sulfide) groups is 1. The Bertz CT molecular complexity index is 586. The molecule has 2 aromatic rings. The predicted octanol–water partition coefficient (Wildman–Crippen LogP) is 3.45. The van der Waals surface area contributed by atoms with Crippen LogP contribution >= 0.6 is 11.8 Å². The normalized spacial score (nSPS) is 10.9. The molecule has 0 aliphatic heterocycles. The van der Waals surface area contributed by atoms with Crippen molar-refractivity contribution < 1.29 is 10.2 Å². The molecule has 0 unspecified atom stereocenters. The van der Waals surface area contributed by atoms with Gasteiger partial charge in [0, 0.05) is 18.0 Å². The first-order valence-corrected chi connectivity index (χ1v) is 7.63. The van der Waals surface area contributed by atoms with E-state index >= 15 is 0 Å². The fourth-order valence-corrected chi connectivity index (χ4v) is 2.60. The summed E-state index contributed by atoms with van der Waals surface area (Å²) >= 11 is 1.74. The van der Waals surface area contributed by atoms with Gasteiger partial charge in [-0.3, -0.25) is 4.90 Å². The molecule has 0 radical (unpaired) electrons. The lowest BCUT2D eigenvalue weighted by molar-refractivity contribution is 0.317. The van der Waals surface area contributed by atoms with Gasteiger partial charge in [0.25, 0.3) is 0 Å². The smallest absolute Gasteiger partial charge is 0.157 e. The third-order valence-corrected chi connectivity index (χ3v) is 3.80. The number of nitrogens with zero attached hydrogens (tertiary/aromatic N) is 1. The van der Waals surface area contributed by atoms with E-state index in [2.05, 4.69) is 35.4 Å². The number of aromatic hydroxyl groups is 2. The summed E-state index contributed by atoms with van der Waals surface area (Å²) in [7, 11) is 2.04. The lowest BCUT2D eigenvalue weighted by atomic mass is 10.1. The molecule has 0 amide bonds. The maximum Gasteiger partial charge on any atom is 0.157 e. The summed E-state index contributed by atoms with van der Waals surface area (Å²) < 4.78 is 0. The highest BCUT2D eigenvalue weighted by molar-refractivity contribution is 7.98. The number of benzene rings is 2. The first-order chi connectivity index (χ1) is 9.58. The molecule has 4 heteroatoms. The highest BCUT2D eigenvalue weighted by atomic mass is 32.2. The van der Waals surface area contributed by atoms with E-state index in [1.54, 1.807) is 17.8 Å². The van der Waals surface area contributed by atoms with Gasteiger partial charge in [0.05, 0.1) is 0 Å². The van der Waals surface area contributed by atoms with E-state index < -0.39 is 0 Å². The van der Waals surface area contributed by atoms with E-state index in [9.17, 15) is 10.2 Å². The Balaban J connectivity index is 2.00. The number of hydrogen-bond acceptors (Lipinski definition) is 4. The van der Waals surface area contributed by atoms with Gasteiger partial charge < -0.3 is 10.2 Å². The minimum Gasteiger partial charge on any atom is -0.504 e. The second-order valence-electron chi connectivity index (χ2n) is 4.85. The molecule has 0 bridgehead atoms. The second-order valence-corrected chi connectivity index (χ2v) is 5.73. The van der Waals surface area contributed by atoms with Crippen molar-refractivity contribution in [3.05, 3.63) is 53.6 Å². The standard InChI is InChI=1S/C16H19NO2S/c1-17(10-12-4-3-5-14(8-12)20-2)11-13-6-7-15(18)16(19)9-13/h3-9,18-19H,10-11H2,1-2H3. The average Bonchev–Trinajstić information content (AvgIpc) is 2.43. The third-order valence-electron chi connectivity index (χ3n) is 3.08. The molecule has 0 aliphatic carbocycles. The van der Waals surface area contributed by atoms with Crippen LogP contribution in [0.15, 0.2) is 47.4 Å². The van der Waals surface area contributed by atoms with Gasteiger partial charge in [-0.1, -0.05) is 18.2 Å². The molecule has 3 nitrogen and oxygen atoms in total. The van der Waals surface area contributed by atoms with Crippen LogP contribution < -0.4 is 0 Å². The number of phenols is 2. The number of hydrogen-bond donors (Lipinski definition) is 2. The lowest BCUT2D eigenvalue weighted by Crippen LogP contribution is -2.17. The van der Waals surface area contributed by atoms with Crippen molar-refractivity contribution in [3.63, 3.8) is 0 Å². The molecule has 0 heterocycles. The van der Waals surface area contributed by atoms with Crippen LogP contribution in [0.25, 0.3) is 0 Å². The summed E-state index contributed by atoms with van der Waals surface area (Å²) in [5.41, 5.74) is 2.24. The van der Waals surface area contributed by atoms with E-state index in [-0.39, 0.29) is 11.5 Å². The maximum absolute atomic E-state index is 9.50. The van der Waals surface area contributed by atoms with Gasteiger partial charge in [0.2, 0.25) is 0 Å². The highest BCUT2D eigenvalue weighted by Gasteiger charge is 2.05. The van der Waals surface area contributed by atoms with Crippen molar-refractivity contribution in [1.29, 1.82) is 0 Å². The van der Waals surface area contributed by atoms with E-state index in [1.165, 1.54) is 16.5 Å². The van der Waals surface area contributed by atoms with Crippen molar-refractivity contribution in [2.45, 2.75) is 18.0 Å². The second kappa shape index (κ2) is 6.68. The van der Waals surface area contributed by atoms with E-state index in [0.717, 1.165) is 18.7 Å². The summed E-state index contributed by atoms with van der Waals surface area (Å²) in [5, 5.41) is 18.8. The van der Waals surface area contributed by atoms with Crippen molar-refractivity contribution >= 4 is 11.8 Å². The van der Waals surface area contributed by atoms with E-state index in [0.29, 0.717) is 0 Å². The zero-order valence-electron chi connectivity index (χ0n) is 11.7. The Hall–Kier alpha value is -1.65. The van der Waals surface area contributed by atoms with Gasteiger partial charge >= 0.3 is 0 Å². The maximum atomic E-state index is 9.50. The Labute approximate surface area is 123 Å². The number of phenolic OH excluding ortho intramolecular Hbond substituents is 2. The van der Waals surface area contributed by atoms with Gasteiger partial charge in [-0.05, 0) is 48.7 Å². The molecule has 0 fully saturated rings. The Kier molecular flexibility index (Phi) is 4.93. The van der Waals surface area contributed by atoms with Crippen LogP contribution in [0.3, 0.4) is 0 Å². The summed E-state index contributed by atoms with van der Waals surface area (Å²) in [6.45, 7) is 1.56. The first-order valence-electron chi connectivity index (χ1n) is 6.41. The fraction of sp³-hybridized carbons (Fsp3) is 0.250. The van der Waals surface area contributed by atoms with E-state index in [1.807, 2.05) is 13.1 Å². The molecule has 20 heavy (non-hydrogen) atoms. The monoisotopic (exact) mass is 289 g/mol. The Morgan fingerprint density at radius 3 is 2.30 bits per heavy atom. The van der Waals surface area contributed by atoms with Crippen LogP contribution in [0, 0.1) is 0 Å². The molecule has 2 rings (SSSR count). The molecule has 0 saturated heterocycles. The molecule has 0 saturated carbocycles. The highest BCUT2D eigenvalue weighted by Crippen LogP contribution is 2.25. The van der Waals surface area contributed by atoms with Crippen LogP contribution in [0.1, 0.15) is 11.1 Å². The molecule has 0 atom stereocenters. The topological polar surface area (TPSA) is 43.7 Å². The molecule has 2 aromatic carbocycles. The van der Waals surface area contributed by atoms with Crippen LogP contribution in [-0.4, -0.2) is 28.4 Å². The minimum absolute atomic E-state index is 0.0692. The first kappa shape index (κ1) is 14.8. The summed E-state index contributed by atoms with van der Waals surface area (Å²) in [6.07, 6.45) is 2.07. The van der Waals surface area contributed by atoms with Crippen molar-refractivity contribution in [3.8, 4) is 11.5 Å². The fourth-order valence-electron chi connectivity index (χ4n) is 2.12. The van der Waals surface area contributed by atoms with Crippen LogP contribution in [0.2, 0.25) is 0 Å². The molecular formula is C16H19NO2S. The van der Waals surface area contributed by atoms with Crippen LogP contribution in [-0.2, 0) is 13.1 Å². The molecule has 106 valence electrons. The number of rotatable bonds is 5. The van der Waals surface area contributed by atoms with Crippen molar-refractivity contribution in [2.75, 3.05) is 13.3 Å². The molecule has 0 spiro atoms. The zero-order chi connectivity index (χ0) is 14.5. The largest absolute Gasteiger partial charge is 0.504 e. The Morgan fingerprint density at radius 1 is 0.950 bits per heavy atom. The van der Waals surface area contributed by atoms with Gasteiger partial charge in [-0.2, -0.15) is 0 Å². The Morgan fingerprint density at radius 2 is 1.65 bits per heavy atom.